The molecular formula is C64H107N9O28. The number of rotatable bonds is 50. The maximum atomic E-state index is 12.7. The van der Waals surface area contributed by atoms with Gasteiger partial charge in [0.2, 0.25) is 29.5 Å². The van der Waals surface area contributed by atoms with E-state index in [0.29, 0.717) is 110 Å². The van der Waals surface area contributed by atoms with Crippen molar-refractivity contribution in [3.8, 4) is 0 Å². The van der Waals surface area contributed by atoms with Crippen LogP contribution in [0.1, 0.15) is 89.7 Å². The molecule has 1 saturated carbocycles. The lowest BCUT2D eigenvalue weighted by Crippen LogP contribution is -2.63. The number of hydrogen-bond donors (Lipinski definition) is 13. The monoisotopic (exact) mass is 1450 g/mol. The van der Waals surface area contributed by atoms with Crippen molar-refractivity contribution >= 4 is 41.4 Å². The van der Waals surface area contributed by atoms with Gasteiger partial charge in [0, 0.05) is 84.0 Å². The van der Waals surface area contributed by atoms with Crippen LogP contribution in [0.2, 0.25) is 0 Å². The second-order valence-corrected chi connectivity index (χ2v) is 24.9. The summed E-state index contributed by atoms with van der Waals surface area (Å²) in [6.45, 7) is 4.27. The minimum Gasteiger partial charge on any atom is -0.394 e. The number of hydrogen-bond acceptors (Lipinski definition) is 30. The number of aliphatic hydroxyl groups is 8. The van der Waals surface area contributed by atoms with Crippen LogP contribution in [0.4, 0.5) is 0 Å². The van der Waals surface area contributed by atoms with Gasteiger partial charge in [-0.1, -0.05) is 18.1 Å². The van der Waals surface area contributed by atoms with Crippen molar-refractivity contribution in [1.82, 2.24) is 46.5 Å². The molecule has 0 aromatic carbocycles. The van der Waals surface area contributed by atoms with E-state index in [1.54, 1.807) is 17.8 Å². The van der Waals surface area contributed by atoms with E-state index < -0.39 is 112 Å². The van der Waals surface area contributed by atoms with E-state index in [9.17, 15) is 74.4 Å². The molecule has 101 heavy (non-hydrogen) atoms. The van der Waals surface area contributed by atoms with E-state index in [2.05, 4.69) is 36.9 Å². The van der Waals surface area contributed by atoms with Crippen LogP contribution in [-0.4, -0.2) is 333 Å². The Hall–Kier alpha value is -5.47. The van der Waals surface area contributed by atoms with Gasteiger partial charge < -0.3 is 129 Å². The predicted molar refractivity (Wildman–Crippen MR) is 345 cm³/mol. The standard InChI is InChI=1S/C64H107N9O28/c1-3-65-48(77)38-94-39-49(78)67-19-25-91-30-31-93-27-21-72-34-42(70-71-72)32-69-47(76)11-7-5-9-22-95-59-44(100-62(89-2)57(86)54(59)83)36-98-64-58(87)55(84)60(45(101-64)37-97-63-56(85)53(82)52(81)43(35-74)99-63)96-23-8-4-6-10-46(75)66-18-24-90-28-29-92-26-20-68-61(88)41-14-12-40(13-15-41)33-73-50(79)16-17-51(73)80/h16-17,34,40-41,43-45,52-60,62-64,74,81-87H,3-15,18-33,35-39H2,1-2H3,(H,65,77)(H,66,75)(H,67,78)(H,68,88)(H,69,76)/t40?,41?,43-,44-,45-,52-,53-,54+,55+,56-,57-,58-,59-,60-,62+,63+,64+/m1/s1. The maximum Gasteiger partial charge on any atom is 0.253 e. The molecule has 37 nitrogen and oxygen atoms in total. The molecule has 576 valence electrons. The second kappa shape index (κ2) is 47.1. The number of aromatic nitrogens is 3. The number of nitrogens with one attached hydrogen (secondary N) is 5. The Kier molecular flexibility index (Phi) is 39.4. The average Bonchev–Trinajstić information content (AvgIpc) is 0.958. The first-order chi connectivity index (χ1) is 48.8. The summed E-state index contributed by atoms with van der Waals surface area (Å²) >= 11 is 0. The van der Waals surface area contributed by atoms with Crippen LogP contribution in [0.5, 0.6) is 0 Å². The molecule has 0 radical (unpaired) electrons. The highest BCUT2D eigenvalue weighted by molar-refractivity contribution is 6.12. The van der Waals surface area contributed by atoms with Crippen molar-refractivity contribution in [3.05, 3.63) is 24.0 Å². The number of aliphatic hydroxyl groups excluding tert-OH is 8. The number of carbonyl (C=O) groups excluding carboxylic acids is 7. The van der Waals surface area contributed by atoms with Crippen molar-refractivity contribution in [1.29, 1.82) is 0 Å². The first-order valence-corrected chi connectivity index (χ1v) is 34.8. The summed E-state index contributed by atoms with van der Waals surface area (Å²) in [5.41, 5.74) is 0.538. The molecule has 4 fully saturated rings. The molecule has 3 saturated heterocycles. The Balaban J connectivity index is 0.837. The zero-order chi connectivity index (χ0) is 72.9. The van der Waals surface area contributed by atoms with Gasteiger partial charge in [-0.05, 0) is 64.2 Å². The quantitative estimate of drug-likeness (QED) is 0.0214. The van der Waals surface area contributed by atoms with Gasteiger partial charge in [-0.2, -0.15) is 0 Å². The highest BCUT2D eigenvalue weighted by atomic mass is 16.7. The molecular weight excluding hydrogens is 1340 g/mol. The van der Waals surface area contributed by atoms with Crippen molar-refractivity contribution in [3.63, 3.8) is 0 Å². The number of imide groups is 1. The molecule has 0 bridgehead atoms. The molecule has 5 aliphatic rings. The molecule has 0 spiro atoms. The number of methoxy groups -OCH3 is 1. The molecule has 1 aromatic heterocycles. The van der Waals surface area contributed by atoms with Crippen LogP contribution < -0.4 is 26.6 Å². The molecule has 15 atom stereocenters. The smallest absolute Gasteiger partial charge is 0.253 e. The fourth-order valence-corrected chi connectivity index (χ4v) is 11.6. The molecule has 13 N–H and O–H groups in total. The Morgan fingerprint density at radius 2 is 1.02 bits per heavy atom. The van der Waals surface area contributed by atoms with E-state index in [-0.39, 0.29) is 139 Å². The third-order valence-electron chi connectivity index (χ3n) is 17.3. The number of unbranched alkanes of at least 4 members (excludes halogenated alkanes) is 4. The number of amides is 7. The van der Waals surface area contributed by atoms with Gasteiger partial charge in [0.25, 0.3) is 11.8 Å². The second-order valence-electron chi connectivity index (χ2n) is 24.9. The molecule has 1 aromatic rings. The van der Waals surface area contributed by atoms with Gasteiger partial charge in [0.05, 0.1) is 92.0 Å². The summed E-state index contributed by atoms with van der Waals surface area (Å²) < 4.78 is 75.5. The fraction of sp³-hybridized carbons (Fsp3) is 0.828. The van der Waals surface area contributed by atoms with Gasteiger partial charge in [0.1, 0.15) is 92.2 Å². The summed E-state index contributed by atoms with van der Waals surface area (Å²) in [7, 11) is 1.25. The summed E-state index contributed by atoms with van der Waals surface area (Å²) in [6.07, 6.45) is -12.3. The van der Waals surface area contributed by atoms with Crippen LogP contribution in [0.3, 0.4) is 0 Å². The molecule has 4 aliphatic heterocycles. The van der Waals surface area contributed by atoms with Gasteiger partial charge in [0.15, 0.2) is 18.9 Å². The fourth-order valence-electron chi connectivity index (χ4n) is 11.6. The maximum absolute atomic E-state index is 12.7. The lowest BCUT2D eigenvalue weighted by Gasteiger charge is -2.45. The number of ether oxygens (including phenoxy) is 13. The van der Waals surface area contributed by atoms with E-state index in [0.717, 1.165) is 12.8 Å². The molecule has 6 rings (SSSR count). The first kappa shape index (κ1) is 84.5. The summed E-state index contributed by atoms with van der Waals surface area (Å²) in [5, 5.41) is 108. The van der Waals surface area contributed by atoms with E-state index >= 15 is 0 Å². The third kappa shape index (κ3) is 29.5. The van der Waals surface area contributed by atoms with Gasteiger partial charge in [-0.15, -0.1) is 5.10 Å². The normalized spacial score (nSPS) is 28.3. The minimum absolute atomic E-state index is 0.0122. The topological polar surface area (TPSA) is 495 Å². The van der Waals surface area contributed by atoms with Crippen molar-refractivity contribution in [2.45, 2.75) is 189 Å². The Labute approximate surface area is 586 Å². The molecule has 5 heterocycles. The predicted octanol–water partition coefficient (Wildman–Crippen LogP) is -5.54. The molecule has 1 aliphatic carbocycles. The van der Waals surface area contributed by atoms with E-state index in [4.69, 9.17) is 61.6 Å². The first-order valence-electron chi connectivity index (χ1n) is 34.8. The molecule has 0 unspecified atom stereocenters. The number of nitrogens with zero attached hydrogens (tertiary/aromatic N) is 4. The van der Waals surface area contributed by atoms with Crippen LogP contribution in [0.15, 0.2) is 18.3 Å². The van der Waals surface area contributed by atoms with Crippen LogP contribution in [0, 0.1) is 11.8 Å². The van der Waals surface area contributed by atoms with Crippen molar-refractivity contribution in [2.75, 3.05) is 139 Å². The Morgan fingerprint density at radius 3 is 1.57 bits per heavy atom. The van der Waals surface area contributed by atoms with Crippen molar-refractivity contribution in [2.24, 2.45) is 11.8 Å². The summed E-state index contributed by atoms with van der Waals surface area (Å²) in [5.74, 6) is -1.66. The van der Waals surface area contributed by atoms with Crippen LogP contribution in [-0.2, 0) is 108 Å². The summed E-state index contributed by atoms with van der Waals surface area (Å²) in [4.78, 5) is 86.2. The van der Waals surface area contributed by atoms with Gasteiger partial charge in [-0.3, -0.25) is 38.5 Å². The summed E-state index contributed by atoms with van der Waals surface area (Å²) in [6, 6.07) is 0. The number of carbonyl (C=O) groups is 7. The van der Waals surface area contributed by atoms with Crippen molar-refractivity contribution < 1.29 is 136 Å². The average molecular weight is 1450 g/mol. The Morgan fingerprint density at radius 1 is 0.525 bits per heavy atom. The minimum atomic E-state index is -1.79. The number of likely N-dealkylation sites (N-methyl/N-ethyl adjacent to an activating group) is 1. The zero-order valence-electron chi connectivity index (χ0n) is 57.6. The molecule has 7 amide bonds. The van der Waals surface area contributed by atoms with Crippen LogP contribution >= 0.6 is 0 Å². The largest absolute Gasteiger partial charge is 0.394 e. The zero-order valence-corrected chi connectivity index (χ0v) is 57.6. The lowest BCUT2D eigenvalue weighted by molar-refractivity contribution is -0.345. The highest BCUT2D eigenvalue weighted by Crippen LogP contribution is 2.32. The SMILES string of the molecule is CCNC(=O)COCC(=O)NCCOCCOCCn1cc(CNC(=O)CCCCCO[C@H]2[C@@H](O)[C@@H](O)[C@@H](OC)O[C@@H]2CO[C@H]2O[C@H](CO[C@H]3O[C@H](CO)[C@@H](O)[C@@H](O)[C@H]3O)[C@@H](OCCCCCC(=O)NCCOCCOCCNC(=O)C3CCC(CN4C(=O)C=CC4=O)CC3)[C@@H](O)[C@H]2O)nn1. The lowest BCUT2D eigenvalue weighted by atomic mass is 9.81. The highest BCUT2D eigenvalue weighted by Gasteiger charge is 2.51. The van der Waals surface area contributed by atoms with Gasteiger partial charge in [-0.25, -0.2) is 4.68 Å². The van der Waals surface area contributed by atoms with Gasteiger partial charge >= 0.3 is 0 Å². The van der Waals surface area contributed by atoms with E-state index in [1.807, 2.05) is 0 Å². The molecule has 37 heteroatoms. The Bertz CT molecular complexity index is 2610. The van der Waals surface area contributed by atoms with E-state index in [1.165, 1.54) is 24.2 Å². The third-order valence-corrected chi connectivity index (χ3v) is 17.3. The van der Waals surface area contributed by atoms with Crippen LogP contribution in [0.25, 0.3) is 0 Å².